The van der Waals surface area contributed by atoms with Crippen LogP contribution < -0.4 is 5.56 Å². The van der Waals surface area contributed by atoms with Crippen LogP contribution in [0.3, 0.4) is 0 Å². The van der Waals surface area contributed by atoms with Gasteiger partial charge < -0.3 is 0 Å². The van der Waals surface area contributed by atoms with Crippen molar-refractivity contribution in [2.75, 3.05) is 0 Å². The second kappa shape index (κ2) is 5.36. The van der Waals surface area contributed by atoms with Crippen LogP contribution in [0.25, 0.3) is 5.69 Å². The van der Waals surface area contributed by atoms with E-state index in [-0.39, 0.29) is 5.56 Å². The fourth-order valence-electron chi connectivity index (χ4n) is 1.81. The molecule has 1 heterocycles. The van der Waals surface area contributed by atoms with Crippen LogP contribution >= 0.6 is 0 Å². The molecule has 5 nitrogen and oxygen atoms in total. The molecule has 1 N–H and O–H groups in total. The zero-order valence-corrected chi connectivity index (χ0v) is 10.6. The van der Waals surface area contributed by atoms with Gasteiger partial charge in [-0.15, -0.1) is 10.2 Å². The lowest BCUT2D eigenvalue weighted by Crippen LogP contribution is -2.12. The molecule has 2 aromatic carbocycles. The molecule has 0 spiro atoms. The number of nitrogens with zero attached hydrogens (tertiary/aromatic N) is 3. The van der Waals surface area contributed by atoms with Gasteiger partial charge in [0, 0.05) is 0 Å². The minimum atomic E-state index is -0.168. The Bertz CT molecular complexity index is 772. The molecule has 1 aromatic heterocycles. The molecular weight excluding hydrogens is 252 g/mol. The van der Waals surface area contributed by atoms with Gasteiger partial charge in [0.15, 0.2) is 5.82 Å². The molecule has 0 bridgehead atoms. The SMILES string of the molecule is O=c1cc(/N=N/c2ccccc2)[nH]n1-c1ccccc1. The molecule has 5 heteroatoms. The van der Waals surface area contributed by atoms with Crippen LogP contribution in [0.15, 0.2) is 81.8 Å². The molecule has 0 fully saturated rings. The lowest BCUT2D eigenvalue weighted by Gasteiger charge is -1.99. The van der Waals surface area contributed by atoms with Crippen molar-refractivity contribution in [2.24, 2.45) is 10.2 Å². The molecule has 0 unspecified atom stereocenters. The molecule has 0 aliphatic carbocycles. The maximum atomic E-state index is 11.9. The first kappa shape index (κ1) is 12.1. The number of hydrogen-bond acceptors (Lipinski definition) is 3. The summed E-state index contributed by atoms with van der Waals surface area (Å²) in [6.45, 7) is 0. The van der Waals surface area contributed by atoms with E-state index in [9.17, 15) is 4.79 Å². The lowest BCUT2D eigenvalue weighted by atomic mass is 10.3. The van der Waals surface area contributed by atoms with Crippen molar-refractivity contribution in [1.29, 1.82) is 0 Å². The van der Waals surface area contributed by atoms with E-state index < -0.39 is 0 Å². The fourth-order valence-corrected chi connectivity index (χ4v) is 1.81. The molecule has 0 saturated carbocycles. The van der Waals surface area contributed by atoms with Gasteiger partial charge in [-0.25, -0.2) is 4.68 Å². The number of nitrogens with one attached hydrogen (secondary N) is 1. The van der Waals surface area contributed by atoms with Crippen LogP contribution in [0, 0.1) is 0 Å². The summed E-state index contributed by atoms with van der Waals surface area (Å²) in [5, 5.41) is 11.0. The van der Waals surface area contributed by atoms with E-state index in [4.69, 9.17) is 0 Å². The zero-order valence-electron chi connectivity index (χ0n) is 10.6. The Kier molecular flexibility index (Phi) is 3.24. The molecule has 0 aliphatic rings. The van der Waals surface area contributed by atoms with Crippen molar-refractivity contribution >= 4 is 11.5 Å². The van der Waals surface area contributed by atoms with Crippen LogP contribution in [-0.2, 0) is 0 Å². The summed E-state index contributed by atoms with van der Waals surface area (Å²) in [7, 11) is 0. The Labute approximate surface area is 115 Å². The standard InChI is InChI=1S/C15H12N4O/c20-15-11-14(17-16-12-7-3-1-4-8-12)18-19(15)13-9-5-2-6-10-13/h1-11,18H/b17-16+. The van der Waals surface area contributed by atoms with Gasteiger partial charge in [0.2, 0.25) is 0 Å². The van der Waals surface area contributed by atoms with E-state index in [1.54, 1.807) is 0 Å². The Hall–Kier alpha value is -2.95. The Morgan fingerprint density at radius 3 is 2.20 bits per heavy atom. The Balaban J connectivity index is 1.90. The van der Waals surface area contributed by atoms with Crippen molar-refractivity contribution in [3.63, 3.8) is 0 Å². The van der Waals surface area contributed by atoms with E-state index in [0.29, 0.717) is 5.82 Å². The quantitative estimate of drug-likeness (QED) is 0.722. The average molecular weight is 264 g/mol. The van der Waals surface area contributed by atoms with Crippen molar-refractivity contribution < 1.29 is 0 Å². The van der Waals surface area contributed by atoms with Gasteiger partial charge >= 0.3 is 0 Å². The number of benzene rings is 2. The normalized spacial score (nSPS) is 11.0. The number of aromatic nitrogens is 2. The van der Waals surface area contributed by atoms with Gasteiger partial charge in [-0.3, -0.25) is 9.89 Å². The van der Waals surface area contributed by atoms with Crippen LogP contribution in [0.2, 0.25) is 0 Å². The van der Waals surface area contributed by atoms with Crippen molar-refractivity contribution in [3.8, 4) is 5.69 Å². The molecule has 3 rings (SSSR count). The van der Waals surface area contributed by atoms with Crippen LogP contribution in [0.1, 0.15) is 0 Å². The minimum Gasteiger partial charge on any atom is -0.273 e. The molecule has 3 aromatic rings. The molecule has 0 amide bonds. The van der Waals surface area contributed by atoms with Gasteiger partial charge in [0.25, 0.3) is 5.56 Å². The minimum absolute atomic E-state index is 0.168. The Morgan fingerprint density at radius 1 is 0.850 bits per heavy atom. The van der Waals surface area contributed by atoms with Crippen LogP contribution in [0.4, 0.5) is 11.5 Å². The van der Waals surface area contributed by atoms with Crippen molar-refractivity contribution in [2.45, 2.75) is 0 Å². The van der Waals surface area contributed by atoms with Crippen molar-refractivity contribution in [1.82, 2.24) is 9.78 Å². The molecular formula is C15H12N4O. The highest BCUT2D eigenvalue weighted by atomic mass is 16.1. The molecule has 0 atom stereocenters. The van der Waals surface area contributed by atoms with E-state index in [0.717, 1.165) is 11.4 Å². The number of azo groups is 1. The third-order valence-corrected chi connectivity index (χ3v) is 2.75. The molecule has 0 radical (unpaired) electrons. The van der Waals surface area contributed by atoms with E-state index in [1.807, 2.05) is 60.7 Å². The third kappa shape index (κ3) is 2.56. The third-order valence-electron chi connectivity index (χ3n) is 2.75. The number of rotatable bonds is 3. The molecule has 0 aliphatic heterocycles. The van der Waals surface area contributed by atoms with Gasteiger partial charge in [0.1, 0.15) is 0 Å². The van der Waals surface area contributed by atoms with Gasteiger partial charge in [0.05, 0.1) is 17.4 Å². The summed E-state index contributed by atoms with van der Waals surface area (Å²) in [4.78, 5) is 11.9. The van der Waals surface area contributed by atoms with Gasteiger partial charge in [-0.1, -0.05) is 36.4 Å². The summed E-state index contributed by atoms with van der Waals surface area (Å²) in [5.74, 6) is 0.419. The monoisotopic (exact) mass is 264 g/mol. The molecule has 98 valence electrons. The van der Waals surface area contributed by atoms with Gasteiger partial charge in [-0.05, 0) is 24.3 Å². The lowest BCUT2D eigenvalue weighted by molar-refractivity contribution is 0.846. The maximum Gasteiger partial charge on any atom is 0.273 e. The highest BCUT2D eigenvalue weighted by molar-refractivity contribution is 5.37. The molecule has 0 saturated heterocycles. The molecule has 20 heavy (non-hydrogen) atoms. The predicted molar refractivity (Wildman–Crippen MR) is 77.0 cm³/mol. The van der Waals surface area contributed by atoms with E-state index in [1.165, 1.54) is 10.7 Å². The summed E-state index contributed by atoms with van der Waals surface area (Å²) in [5.41, 5.74) is 1.33. The smallest absolute Gasteiger partial charge is 0.273 e. The Morgan fingerprint density at radius 2 is 1.50 bits per heavy atom. The highest BCUT2D eigenvalue weighted by Crippen LogP contribution is 2.15. The number of hydrogen-bond donors (Lipinski definition) is 1. The number of para-hydroxylation sites is 1. The topological polar surface area (TPSA) is 62.5 Å². The second-order valence-electron chi connectivity index (χ2n) is 4.19. The first-order valence-corrected chi connectivity index (χ1v) is 6.17. The first-order valence-electron chi connectivity index (χ1n) is 6.17. The summed E-state index contributed by atoms with van der Waals surface area (Å²) in [6.07, 6.45) is 0. The maximum absolute atomic E-state index is 11.9. The van der Waals surface area contributed by atoms with Crippen LogP contribution in [-0.4, -0.2) is 9.78 Å². The largest absolute Gasteiger partial charge is 0.273 e. The zero-order chi connectivity index (χ0) is 13.8. The predicted octanol–water partition coefficient (Wildman–Crippen LogP) is 3.58. The number of aromatic amines is 1. The highest BCUT2D eigenvalue weighted by Gasteiger charge is 2.03. The van der Waals surface area contributed by atoms with Crippen LogP contribution in [0.5, 0.6) is 0 Å². The second-order valence-corrected chi connectivity index (χ2v) is 4.19. The first-order chi connectivity index (χ1) is 9.83. The van der Waals surface area contributed by atoms with E-state index >= 15 is 0 Å². The summed E-state index contributed by atoms with van der Waals surface area (Å²) < 4.78 is 1.43. The van der Waals surface area contributed by atoms with Crippen molar-refractivity contribution in [3.05, 3.63) is 77.1 Å². The van der Waals surface area contributed by atoms with E-state index in [2.05, 4.69) is 15.3 Å². The fraction of sp³-hybridized carbons (Fsp3) is 0. The number of H-pyrrole nitrogens is 1. The van der Waals surface area contributed by atoms with Gasteiger partial charge in [-0.2, -0.15) is 0 Å². The summed E-state index contributed by atoms with van der Waals surface area (Å²) in [6, 6.07) is 20.1. The summed E-state index contributed by atoms with van der Waals surface area (Å²) >= 11 is 0. The average Bonchev–Trinajstić information content (AvgIpc) is 2.88.